The highest BCUT2D eigenvalue weighted by atomic mass is 19.3. The largest absolute Gasteiger partial charge is 0.490 e. The maximum absolute atomic E-state index is 12.8. The molecular formula is C20H32F2N4O2. The molecule has 2 rings (SSSR count). The molecule has 0 saturated carbocycles. The topological polar surface area (TPSA) is 58.1 Å². The van der Waals surface area contributed by atoms with Crippen molar-refractivity contribution in [2.45, 2.75) is 39.3 Å². The van der Waals surface area contributed by atoms with Gasteiger partial charge in [-0.2, -0.15) is 8.78 Å². The molecule has 1 heterocycles. The molecule has 1 fully saturated rings. The number of rotatable bonds is 9. The summed E-state index contributed by atoms with van der Waals surface area (Å²) in [5, 5.41) is 6.47. The smallest absolute Gasteiger partial charge is 0.387 e. The number of nitrogens with one attached hydrogen (secondary N) is 2. The van der Waals surface area contributed by atoms with Gasteiger partial charge in [0.05, 0.1) is 6.61 Å². The third-order valence-electron chi connectivity index (χ3n) is 4.92. The number of nitrogens with zero attached hydrogens (tertiary/aromatic N) is 2. The fraction of sp³-hybridized carbons (Fsp3) is 0.650. The van der Waals surface area contributed by atoms with Gasteiger partial charge in [-0.15, -0.1) is 0 Å². The molecule has 0 aliphatic carbocycles. The molecule has 0 unspecified atom stereocenters. The lowest BCUT2D eigenvalue weighted by atomic mass is 9.94. The molecule has 28 heavy (non-hydrogen) atoms. The summed E-state index contributed by atoms with van der Waals surface area (Å²) >= 11 is 0. The van der Waals surface area contributed by atoms with Crippen LogP contribution < -0.4 is 20.1 Å². The zero-order chi connectivity index (χ0) is 20.4. The van der Waals surface area contributed by atoms with Gasteiger partial charge in [-0.05, 0) is 58.3 Å². The Hall–Kier alpha value is -2.09. The number of para-hydroxylation sites is 1. The SMILES string of the molecule is CCOc1cccc(CNC(=NC)NCCC2CCN(C)CC2)c1OC(F)F. The molecule has 1 saturated heterocycles. The Balaban J connectivity index is 1.87. The molecule has 0 spiro atoms. The first-order valence-corrected chi connectivity index (χ1v) is 9.86. The number of likely N-dealkylation sites (tertiary alicyclic amines) is 1. The van der Waals surface area contributed by atoms with E-state index in [0.29, 0.717) is 30.4 Å². The molecule has 0 aromatic heterocycles. The van der Waals surface area contributed by atoms with Crippen LogP contribution in [0.1, 0.15) is 31.7 Å². The molecule has 0 bridgehead atoms. The van der Waals surface area contributed by atoms with Gasteiger partial charge in [-0.1, -0.05) is 12.1 Å². The zero-order valence-electron chi connectivity index (χ0n) is 17.0. The molecule has 158 valence electrons. The Morgan fingerprint density at radius 3 is 2.68 bits per heavy atom. The van der Waals surface area contributed by atoms with E-state index in [1.54, 1.807) is 32.2 Å². The van der Waals surface area contributed by atoms with E-state index in [-0.39, 0.29) is 5.75 Å². The molecule has 8 heteroatoms. The number of benzene rings is 1. The van der Waals surface area contributed by atoms with Crippen LogP contribution >= 0.6 is 0 Å². The van der Waals surface area contributed by atoms with Crippen LogP contribution in [0.25, 0.3) is 0 Å². The Morgan fingerprint density at radius 1 is 1.29 bits per heavy atom. The predicted octanol–water partition coefficient (Wildman–Crippen LogP) is 3.08. The van der Waals surface area contributed by atoms with Crippen LogP contribution in [0.3, 0.4) is 0 Å². The van der Waals surface area contributed by atoms with Gasteiger partial charge in [0, 0.05) is 25.7 Å². The summed E-state index contributed by atoms with van der Waals surface area (Å²) < 4.78 is 35.7. The van der Waals surface area contributed by atoms with E-state index >= 15 is 0 Å². The maximum Gasteiger partial charge on any atom is 0.387 e. The highest BCUT2D eigenvalue weighted by Crippen LogP contribution is 2.32. The summed E-state index contributed by atoms with van der Waals surface area (Å²) in [6.45, 7) is 2.70. The third kappa shape index (κ3) is 7.14. The van der Waals surface area contributed by atoms with Gasteiger partial charge >= 0.3 is 6.61 Å². The Kier molecular flexibility index (Phi) is 9.27. The van der Waals surface area contributed by atoms with Crippen LogP contribution in [-0.4, -0.2) is 57.8 Å². The van der Waals surface area contributed by atoms with E-state index in [4.69, 9.17) is 9.47 Å². The Labute approximate surface area is 166 Å². The number of alkyl halides is 2. The van der Waals surface area contributed by atoms with Crippen LogP contribution in [0.5, 0.6) is 11.5 Å². The summed E-state index contributed by atoms with van der Waals surface area (Å²) in [5.74, 6) is 1.74. The van der Waals surface area contributed by atoms with E-state index in [1.807, 2.05) is 0 Å². The van der Waals surface area contributed by atoms with Crippen molar-refractivity contribution in [1.82, 2.24) is 15.5 Å². The lowest BCUT2D eigenvalue weighted by molar-refractivity contribution is -0.0520. The van der Waals surface area contributed by atoms with Gasteiger partial charge in [0.1, 0.15) is 0 Å². The number of piperidine rings is 1. The number of hydrogen-bond donors (Lipinski definition) is 2. The van der Waals surface area contributed by atoms with E-state index in [2.05, 4.69) is 27.6 Å². The molecule has 0 radical (unpaired) electrons. The normalized spacial score (nSPS) is 16.3. The second kappa shape index (κ2) is 11.7. The van der Waals surface area contributed by atoms with Crippen LogP contribution in [0.4, 0.5) is 8.78 Å². The summed E-state index contributed by atoms with van der Waals surface area (Å²) in [6, 6.07) is 5.12. The molecule has 2 N–H and O–H groups in total. The highest BCUT2D eigenvalue weighted by Gasteiger charge is 2.17. The average molecular weight is 398 g/mol. The minimum absolute atomic E-state index is 0.0635. The van der Waals surface area contributed by atoms with Crippen LogP contribution in [-0.2, 0) is 6.54 Å². The zero-order valence-corrected chi connectivity index (χ0v) is 17.0. The first kappa shape index (κ1) is 22.2. The van der Waals surface area contributed by atoms with E-state index in [0.717, 1.165) is 32.0 Å². The number of ether oxygens (including phenoxy) is 2. The molecule has 1 aliphatic heterocycles. The van der Waals surface area contributed by atoms with Crippen molar-refractivity contribution >= 4 is 5.96 Å². The quantitative estimate of drug-likeness (QED) is 0.495. The maximum atomic E-state index is 12.8. The standard InChI is InChI=1S/C20H32F2N4O2/c1-4-27-17-7-5-6-16(18(17)28-19(21)22)14-25-20(23-2)24-11-8-15-9-12-26(3)13-10-15/h5-7,15,19H,4,8-14H2,1-3H3,(H2,23,24,25). The van der Waals surface area contributed by atoms with E-state index < -0.39 is 6.61 Å². The van der Waals surface area contributed by atoms with Crippen LogP contribution in [0.2, 0.25) is 0 Å². The molecule has 1 aromatic carbocycles. The lowest BCUT2D eigenvalue weighted by Gasteiger charge is -2.29. The molecule has 0 atom stereocenters. The van der Waals surface area contributed by atoms with Crippen molar-refractivity contribution in [3.05, 3.63) is 23.8 Å². The van der Waals surface area contributed by atoms with E-state index in [9.17, 15) is 8.78 Å². The van der Waals surface area contributed by atoms with Gasteiger partial charge in [-0.3, -0.25) is 4.99 Å². The number of halogens is 2. The van der Waals surface area contributed by atoms with Crippen molar-refractivity contribution in [1.29, 1.82) is 0 Å². The molecule has 1 aliphatic rings. The second-order valence-electron chi connectivity index (χ2n) is 6.94. The second-order valence-corrected chi connectivity index (χ2v) is 6.94. The van der Waals surface area contributed by atoms with Crippen molar-refractivity contribution in [3.8, 4) is 11.5 Å². The molecular weight excluding hydrogens is 366 g/mol. The fourth-order valence-corrected chi connectivity index (χ4v) is 3.34. The molecule has 0 amide bonds. The Morgan fingerprint density at radius 2 is 2.04 bits per heavy atom. The van der Waals surface area contributed by atoms with Gasteiger partial charge in [0.15, 0.2) is 17.5 Å². The summed E-state index contributed by atoms with van der Waals surface area (Å²) in [4.78, 5) is 6.57. The van der Waals surface area contributed by atoms with Crippen molar-refractivity contribution in [2.24, 2.45) is 10.9 Å². The van der Waals surface area contributed by atoms with E-state index in [1.165, 1.54) is 12.8 Å². The minimum Gasteiger partial charge on any atom is -0.490 e. The van der Waals surface area contributed by atoms with Gasteiger partial charge in [-0.25, -0.2) is 0 Å². The van der Waals surface area contributed by atoms with Crippen molar-refractivity contribution in [2.75, 3.05) is 40.3 Å². The van der Waals surface area contributed by atoms with Crippen LogP contribution in [0, 0.1) is 5.92 Å². The monoisotopic (exact) mass is 398 g/mol. The predicted molar refractivity (Wildman–Crippen MR) is 107 cm³/mol. The molecule has 1 aromatic rings. The van der Waals surface area contributed by atoms with Gasteiger partial charge < -0.3 is 25.0 Å². The summed E-state index contributed by atoms with van der Waals surface area (Å²) in [7, 11) is 3.85. The number of aliphatic imine (C=N–C) groups is 1. The highest BCUT2D eigenvalue weighted by molar-refractivity contribution is 5.79. The molecule has 6 nitrogen and oxygen atoms in total. The number of hydrogen-bond acceptors (Lipinski definition) is 4. The van der Waals surface area contributed by atoms with Gasteiger partial charge in [0.25, 0.3) is 0 Å². The third-order valence-corrected chi connectivity index (χ3v) is 4.92. The fourth-order valence-electron chi connectivity index (χ4n) is 3.34. The average Bonchev–Trinajstić information content (AvgIpc) is 2.68. The lowest BCUT2D eigenvalue weighted by Crippen LogP contribution is -2.38. The van der Waals surface area contributed by atoms with Crippen molar-refractivity contribution in [3.63, 3.8) is 0 Å². The van der Waals surface area contributed by atoms with Crippen molar-refractivity contribution < 1.29 is 18.3 Å². The Bertz CT molecular complexity index is 620. The first-order valence-electron chi connectivity index (χ1n) is 9.86. The van der Waals surface area contributed by atoms with Crippen LogP contribution in [0.15, 0.2) is 23.2 Å². The summed E-state index contributed by atoms with van der Waals surface area (Å²) in [6.07, 6.45) is 3.54. The first-order chi connectivity index (χ1) is 13.5. The summed E-state index contributed by atoms with van der Waals surface area (Å²) in [5.41, 5.74) is 0.588. The van der Waals surface area contributed by atoms with Gasteiger partial charge in [0.2, 0.25) is 0 Å². The minimum atomic E-state index is -2.91. The number of guanidine groups is 1.